The number of aliphatic carboxylic acids is 1. The number of carbonyl (C=O) groups is 1. The number of nitrogens with two attached hydrogens (primary N) is 1. The lowest BCUT2D eigenvalue weighted by molar-refractivity contribution is -0.148. The van der Waals surface area contributed by atoms with Crippen molar-refractivity contribution < 1.29 is 18.3 Å². The Morgan fingerprint density at radius 1 is 1.18 bits per heavy atom. The highest BCUT2D eigenvalue weighted by atomic mass is 32.2. The van der Waals surface area contributed by atoms with E-state index in [1.165, 1.54) is 12.1 Å². The van der Waals surface area contributed by atoms with E-state index < -0.39 is 26.8 Å². The van der Waals surface area contributed by atoms with Crippen LogP contribution < -0.4 is 5.14 Å². The van der Waals surface area contributed by atoms with Crippen LogP contribution in [0.1, 0.15) is 39.7 Å². The lowest BCUT2D eigenvalue weighted by Gasteiger charge is -2.27. The summed E-state index contributed by atoms with van der Waals surface area (Å²) >= 11 is 0. The molecule has 0 bridgehead atoms. The van der Waals surface area contributed by atoms with Crippen LogP contribution in [-0.2, 0) is 14.8 Å². The number of hydrogen-bond donors (Lipinski definition) is 2. The highest BCUT2D eigenvalue weighted by Crippen LogP contribution is 2.33. The maximum atomic E-state index is 11.2. The van der Waals surface area contributed by atoms with Crippen LogP contribution in [0.3, 0.4) is 0 Å². The van der Waals surface area contributed by atoms with Crippen LogP contribution >= 0.6 is 0 Å². The van der Waals surface area contributed by atoms with Gasteiger partial charge in [0.25, 0.3) is 0 Å². The number of rotatable bonds is 4. The maximum Gasteiger partial charge on any atom is 0.309 e. The Hall–Kier alpha value is -1.84. The zero-order valence-corrected chi connectivity index (χ0v) is 14.0. The first-order valence-electron chi connectivity index (χ1n) is 6.73. The molecular weight excluding hydrogens is 302 g/mol. The van der Waals surface area contributed by atoms with Gasteiger partial charge in [0.2, 0.25) is 10.0 Å². The van der Waals surface area contributed by atoms with E-state index in [0.29, 0.717) is 12.0 Å². The SMILES string of the molecule is CC(C)(C#Cc1ccc(S(N)(=O)=O)cc1)CC(C)(C)C(=O)O. The van der Waals surface area contributed by atoms with E-state index in [2.05, 4.69) is 11.8 Å². The van der Waals surface area contributed by atoms with Crippen molar-refractivity contribution in [2.45, 2.75) is 39.0 Å². The molecule has 1 aromatic carbocycles. The molecule has 1 rings (SSSR count). The molecule has 0 atom stereocenters. The van der Waals surface area contributed by atoms with Crippen LogP contribution in [0, 0.1) is 22.7 Å². The van der Waals surface area contributed by atoms with Crippen molar-refractivity contribution in [3.05, 3.63) is 29.8 Å². The molecule has 0 aliphatic heterocycles. The zero-order valence-electron chi connectivity index (χ0n) is 13.2. The lowest BCUT2D eigenvalue weighted by Crippen LogP contribution is -2.29. The van der Waals surface area contributed by atoms with Gasteiger partial charge in [-0.1, -0.05) is 11.8 Å². The first kappa shape index (κ1) is 18.2. The predicted octanol–water partition coefficient (Wildman–Crippen LogP) is 2.21. The zero-order chi connectivity index (χ0) is 17.2. The van der Waals surface area contributed by atoms with E-state index in [0.717, 1.165) is 0 Å². The summed E-state index contributed by atoms with van der Waals surface area (Å²) in [5.41, 5.74) is -0.704. The van der Waals surface area contributed by atoms with Gasteiger partial charge in [0.1, 0.15) is 0 Å². The van der Waals surface area contributed by atoms with Crippen LogP contribution in [-0.4, -0.2) is 19.5 Å². The molecule has 0 aromatic heterocycles. The van der Waals surface area contributed by atoms with Gasteiger partial charge < -0.3 is 5.11 Å². The molecular formula is C16H21NO4S. The second-order valence-electron chi connectivity index (χ2n) is 6.57. The van der Waals surface area contributed by atoms with Crippen molar-refractivity contribution in [3.63, 3.8) is 0 Å². The number of sulfonamides is 1. The van der Waals surface area contributed by atoms with Crippen LogP contribution in [0.2, 0.25) is 0 Å². The molecule has 0 fully saturated rings. The van der Waals surface area contributed by atoms with Gasteiger partial charge in [-0.15, -0.1) is 0 Å². The van der Waals surface area contributed by atoms with Crippen molar-refractivity contribution in [2.24, 2.45) is 16.0 Å². The van der Waals surface area contributed by atoms with Gasteiger partial charge in [-0.2, -0.15) is 0 Å². The highest BCUT2D eigenvalue weighted by Gasteiger charge is 2.33. The Kier molecular flexibility index (Phi) is 5.06. The largest absolute Gasteiger partial charge is 0.481 e. The van der Waals surface area contributed by atoms with E-state index >= 15 is 0 Å². The molecule has 120 valence electrons. The Labute approximate surface area is 131 Å². The number of carboxylic acids is 1. The molecule has 0 amide bonds. The molecule has 0 radical (unpaired) electrons. The molecule has 0 saturated carbocycles. The minimum atomic E-state index is -3.71. The summed E-state index contributed by atoms with van der Waals surface area (Å²) in [6.45, 7) is 7.09. The third kappa shape index (κ3) is 5.17. The second-order valence-corrected chi connectivity index (χ2v) is 8.13. The van der Waals surface area contributed by atoms with E-state index in [-0.39, 0.29) is 4.90 Å². The minimum Gasteiger partial charge on any atom is -0.481 e. The van der Waals surface area contributed by atoms with Crippen LogP contribution in [0.5, 0.6) is 0 Å². The summed E-state index contributed by atoms with van der Waals surface area (Å²) in [6.07, 6.45) is 0.400. The predicted molar refractivity (Wildman–Crippen MR) is 84.5 cm³/mol. The van der Waals surface area contributed by atoms with Crippen LogP contribution in [0.15, 0.2) is 29.2 Å². The minimum absolute atomic E-state index is 0.0318. The Balaban J connectivity index is 2.96. The van der Waals surface area contributed by atoms with Crippen molar-refractivity contribution in [2.75, 3.05) is 0 Å². The summed E-state index contributed by atoms with van der Waals surface area (Å²) in [6, 6.07) is 5.94. The monoisotopic (exact) mass is 323 g/mol. The topological polar surface area (TPSA) is 97.5 Å². The lowest BCUT2D eigenvalue weighted by atomic mass is 9.75. The average molecular weight is 323 g/mol. The quantitative estimate of drug-likeness (QED) is 0.830. The van der Waals surface area contributed by atoms with Crippen molar-refractivity contribution in [1.82, 2.24) is 0 Å². The van der Waals surface area contributed by atoms with Gasteiger partial charge >= 0.3 is 5.97 Å². The van der Waals surface area contributed by atoms with E-state index in [4.69, 9.17) is 5.14 Å². The summed E-state index contributed by atoms with van der Waals surface area (Å²) in [5.74, 6) is 5.14. The van der Waals surface area contributed by atoms with Crippen LogP contribution in [0.25, 0.3) is 0 Å². The number of carboxylic acid groups (broad SMARTS) is 1. The van der Waals surface area contributed by atoms with Gasteiger partial charge in [0, 0.05) is 11.0 Å². The third-order valence-electron chi connectivity index (χ3n) is 3.19. The first-order valence-corrected chi connectivity index (χ1v) is 8.28. The summed E-state index contributed by atoms with van der Waals surface area (Å²) < 4.78 is 22.3. The Bertz CT molecular complexity index is 720. The summed E-state index contributed by atoms with van der Waals surface area (Å²) in [4.78, 5) is 11.2. The molecule has 0 aliphatic rings. The molecule has 22 heavy (non-hydrogen) atoms. The van der Waals surface area contributed by atoms with E-state index in [1.807, 2.05) is 13.8 Å². The van der Waals surface area contributed by atoms with Gasteiger partial charge in [-0.3, -0.25) is 4.79 Å². The fourth-order valence-electron chi connectivity index (χ4n) is 2.19. The first-order chi connectivity index (χ1) is 9.83. The average Bonchev–Trinajstić information content (AvgIpc) is 2.34. The highest BCUT2D eigenvalue weighted by molar-refractivity contribution is 7.89. The third-order valence-corrected chi connectivity index (χ3v) is 4.12. The fourth-order valence-corrected chi connectivity index (χ4v) is 2.71. The standard InChI is InChI=1S/C16H21NO4S/c1-15(2,11-16(3,4)14(18)19)10-9-12-5-7-13(8-6-12)22(17,20)21/h5-8H,11H2,1-4H3,(H,18,19)(H2,17,20,21). The van der Waals surface area contributed by atoms with E-state index in [9.17, 15) is 18.3 Å². The van der Waals surface area contributed by atoms with Gasteiger partial charge in [-0.25, -0.2) is 13.6 Å². The molecule has 1 aromatic rings. The molecule has 0 aliphatic carbocycles. The molecule has 0 spiro atoms. The maximum absolute atomic E-state index is 11.2. The molecule has 0 saturated heterocycles. The van der Waals surface area contributed by atoms with Gasteiger partial charge in [0.05, 0.1) is 10.3 Å². The smallest absolute Gasteiger partial charge is 0.309 e. The molecule has 3 N–H and O–H groups in total. The normalized spacial score (nSPS) is 12.4. The fraction of sp³-hybridized carbons (Fsp3) is 0.438. The molecule has 0 unspecified atom stereocenters. The van der Waals surface area contributed by atoms with Crippen molar-refractivity contribution >= 4 is 16.0 Å². The van der Waals surface area contributed by atoms with Gasteiger partial charge in [0.15, 0.2) is 0 Å². The number of primary sulfonamides is 1. The van der Waals surface area contributed by atoms with Crippen molar-refractivity contribution in [3.8, 4) is 11.8 Å². The Morgan fingerprint density at radius 3 is 2.09 bits per heavy atom. The molecule has 5 nitrogen and oxygen atoms in total. The summed E-state index contributed by atoms with van der Waals surface area (Å²) in [7, 11) is -3.71. The molecule has 6 heteroatoms. The van der Waals surface area contributed by atoms with Gasteiger partial charge in [-0.05, 0) is 58.4 Å². The summed E-state index contributed by atoms with van der Waals surface area (Å²) in [5, 5.41) is 14.2. The number of benzene rings is 1. The van der Waals surface area contributed by atoms with Crippen LogP contribution in [0.4, 0.5) is 0 Å². The second kappa shape index (κ2) is 6.11. The Morgan fingerprint density at radius 2 is 1.68 bits per heavy atom. The van der Waals surface area contributed by atoms with E-state index in [1.54, 1.807) is 26.0 Å². The van der Waals surface area contributed by atoms with Crippen molar-refractivity contribution in [1.29, 1.82) is 0 Å². The number of hydrogen-bond acceptors (Lipinski definition) is 3. The molecule has 0 heterocycles.